The minimum atomic E-state index is -1.05. The molecule has 0 unspecified atom stereocenters. The highest BCUT2D eigenvalue weighted by atomic mass is 32.2. The van der Waals surface area contributed by atoms with E-state index in [0.717, 1.165) is 22.4 Å². The predicted octanol–water partition coefficient (Wildman–Crippen LogP) is 1.99. The van der Waals surface area contributed by atoms with Gasteiger partial charge in [-0.2, -0.15) is 0 Å². The van der Waals surface area contributed by atoms with E-state index in [4.69, 9.17) is 9.84 Å². The topological polar surface area (TPSA) is 95.9 Å². The van der Waals surface area contributed by atoms with E-state index >= 15 is 0 Å². The number of carbonyl (C=O) groups is 3. The largest absolute Gasteiger partial charge is 0.494 e. The van der Waals surface area contributed by atoms with Crippen molar-refractivity contribution >= 4 is 34.6 Å². The van der Waals surface area contributed by atoms with E-state index in [1.807, 2.05) is 6.92 Å². The van der Waals surface area contributed by atoms with E-state index < -0.39 is 22.5 Å². The zero-order chi connectivity index (χ0) is 16.1. The predicted molar refractivity (Wildman–Crippen MR) is 82.0 cm³/mol. The number of rotatable bonds is 7. The normalized spacial score (nSPS) is 17.7. The molecule has 2 N–H and O–H groups in total. The molecule has 7 nitrogen and oxygen atoms in total. The van der Waals surface area contributed by atoms with Gasteiger partial charge in [-0.3, -0.25) is 19.3 Å². The summed E-state index contributed by atoms with van der Waals surface area (Å²) in [6.07, 6.45) is -0.256. The molecule has 1 aromatic rings. The van der Waals surface area contributed by atoms with Gasteiger partial charge in [0, 0.05) is 12.2 Å². The van der Waals surface area contributed by atoms with Gasteiger partial charge in [0.05, 0.1) is 13.0 Å². The van der Waals surface area contributed by atoms with Crippen LogP contribution in [-0.2, 0) is 9.59 Å². The number of hydrogen-bond donors (Lipinski definition) is 2. The standard InChI is InChI=1S/C14H16N2O5S/c1-2-21-10-5-3-9(4-6-10)15-12-13(19)16(14(20)22-12)8-7-11(17)18/h3-6,12,15H,2,7-8H2,1H3,(H,17,18)/t12-/m1/s1. The van der Waals surface area contributed by atoms with Crippen LogP contribution in [-0.4, -0.2) is 45.6 Å². The number of hydrogen-bond acceptors (Lipinski definition) is 6. The molecule has 1 aliphatic rings. The second kappa shape index (κ2) is 7.17. The van der Waals surface area contributed by atoms with Gasteiger partial charge in [-0.1, -0.05) is 0 Å². The lowest BCUT2D eigenvalue weighted by molar-refractivity contribution is -0.137. The van der Waals surface area contributed by atoms with E-state index in [-0.39, 0.29) is 13.0 Å². The zero-order valence-corrected chi connectivity index (χ0v) is 12.8. The summed E-state index contributed by atoms with van der Waals surface area (Å²) in [5.74, 6) is -0.753. The van der Waals surface area contributed by atoms with Crippen LogP contribution in [0.5, 0.6) is 5.75 Å². The van der Waals surface area contributed by atoms with Crippen molar-refractivity contribution in [3.05, 3.63) is 24.3 Å². The van der Waals surface area contributed by atoms with E-state index in [2.05, 4.69) is 5.32 Å². The first-order valence-electron chi connectivity index (χ1n) is 6.74. The third-order valence-electron chi connectivity index (χ3n) is 2.94. The fraction of sp³-hybridized carbons (Fsp3) is 0.357. The van der Waals surface area contributed by atoms with Crippen molar-refractivity contribution in [1.29, 1.82) is 0 Å². The average Bonchev–Trinajstić information content (AvgIpc) is 2.73. The van der Waals surface area contributed by atoms with Crippen molar-refractivity contribution in [2.45, 2.75) is 18.7 Å². The molecule has 0 bridgehead atoms. The van der Waals surface area contributed by atoms with E-state index in [1.54, 1.807) is 24.3 Å². The third kappa shape index (κ3) is 3.91. The molecule has 0 aliphatic carbocycles. The summed E-state index contributed by atoms with van der Waals surface area (Å²) >= 11 is 0.845. The van der Waals surface area contributed by atoms with E-state index in [0.29, 0.717) is 12.3 Å². The molecule has 1 aliphatic heterocycles. The first-order chi connectivity index (χ1) is 10.5. The Balaban J connectivity index is 1.97. The highest BCUT2D eigenvalue weighted by Gasteiger charge is 2.39. The van der Waals surface area contributed by atoms with Gasteiger partial charge < -0.3 is 15.2 Å². The van der Waals surface area contributed by atoms with Crippen molar-refractivity contribution in [2.75, 3.05) is 18.5 Å². The van der Waals surface area contributed by atoms with Crippen molar-refractivity contribution in [3.63, 3.8) is 0 Å². The smallest absolute Gasteiger partial charge is 0.305 e. The summed E-state index contributed by atoms with van der Waals surface area (Å²) in [5, 5.41) is 10.4. The Morgan fingerprint density at radius 2 is 2.05 bits per heavy atom. The Morgan fingerprint density at radius 3 is 2.64 bits per heavy atom. The number of carboxylic acid groups (broad SMARTS) is 1. The maximum absolute atomic E-state index is 12.1. The van der Waals surface area contributed by atoms with Crippen molar-refractivity contribution in [2.24, 2.45) is 0 Å². The number of thioether (sulfide) groups is 1. The third-order valence-corrected chi connectivity index (χ3v) is 3.92. The summed E-state index contributed by atoms with van der Waals surface area (Å²) in [6.45, 7) is 2.34. The molecule has 0 saturated carbocycles. The molecule has 0 aromatic heterocycles. The molecule has 1 atom stereocenters. The monoisotopic (exact) mass is 324 g/mol. The van der Waals surface area contributed by atoms with Crippen molar-refractivity contribution in [1.82, 2.24) is 4.90 Å². The fourth-order valence-electron chi connectivity index (χ4n) is 1.91. The van der Waals surface area contributed by atoms with Crippen LogP contribution in [0.1, 0.15) is 13.3 Å². The first-order valence-corrected chi connectivity index (χ1v) is 7.62. The first kappa shape index (κ1) is 16.2. The molecule has 8 heteroatoms. The SMILES string of the molecule is CCOc1ccc(N[C@@H]2SC(=O)N(CCC(=O)O)C2=O)cc1. The molecule has 1 aromatic carbocycles. The summed E-state index contributed by atoms with van der Waals surface area (Å²) in [7, 11) is 0. The Kier molecular flexibility index (Phi) is 5.26. The summed E-state index contributed by atoms with van der Waals surface area (Å²) in [4.78, 5) is 35.4. The minimum absolute atomic E-state index is 0.110. The maximum Gasteiger partial charge on any atom is 0.305 e. The molecule has 2 amide bonds. The number of anilines is 1. The number of amides is 2. The second-order valence-electron chi connectivity index (χ2n) is 4.50. The van der Waals surface area contributed by atoms with Crippen LogP contribution >= 0.6 is 11.8 Å². The quantitative estimate of drug-likeness (QED) is 0.792. The molecule has 2 rings (SSSR count). The molecular weight excluding hydrogens is 308 g/mol. The number of carboxylic acids is 1. The van der Waals surface area contributed by atoms with Gasteiger partial charge in [0.15, 0.2) is 5.37 Å². The number of ether oxygens (including phenoxy) is 1. The van der Waals surface area contributed by atoms with Gasteiger partial charge in [-0.25, -0.2) is 0 Å². The Labute approximate surface area is 131 Å². The van der Waals surface area contributed by atoms with Crippen LogP contribution in [0.2, 0.25) is 0 Å². The Bertz CT molecular complexity index is 575. The average molecular weight is 324 g/mol. The van der Waals surface area contributed by atoms with Gasteiger partial charge in [0.1, 0.15) is 5.75 Å². The number of aliphatic carboxylic acids is 1. The van der Waals surface area contributed by atoms with E-state index in [9.17, 15) is 14.4 Å². The highest BCUT2D eigenvalue weighted by Crippen LogP contribution is 2.28. The Morgan fingerprint density at radius 1 is 1.36 bits per heavy atom. The van der Waals surface area contributed by atoms with Gasteiger partial charge >= 0.3 is 5.97 Å². The molecule has 1 saturated heterocycles. The number of carbonyl (C=O) groups excluding carboxylic acids is 2. The van der Waals surface area contributed by atoms with Crippen molar-refractivity contribution in [3.8, 4) is 5.75 Å². The van der Waals surface area contributed by atoms with Gasteiger partial charge in [0.2, 0.25) is 0 Å². The molecule has 1 heterocycles. The highest BCUT2D eigenvalue weighted by molar-refractivity contribution is 8.15. The van der Waals surface area contributed by atoms with Crippen LogP contribution in [0.15, 0.2) is 24.3 Å². The molecule has 1 fully saturated rings. The van der Waals surface area contributed by atoms with Crippen LogP contribution in [0.4, 0.5) is 10.5 Å². The lowest BCUT2D eigenvalue weighted by atomic mass is 10.3. The van der Waals surface area contributed by atoms with Crippen LogP contribution in [0.25, 0.3) is 0 Å². The molecule has 0 radical (unpaired) electrons. The summed E-state index contributed by atoms with van der Waals surface area (Å²) in [6, 6.07) is 7.03. The maximum atomic E-state index is 12.1. The molecule has 22 heavy (non-hydrogen) atoms. The second-order valence-corrected chi connectivity index (χ2v) is 5.56. The fourth-order valence-corrected chi connectivity index (χ4v) is 2.85. The summed E-state index contributed by atoms with van der Waals surface area (Å²) < 4.78 is 5.32. The number of nitrogens with one attached hydrogen (secondary N) is 1. The van der Waals surface area contributed by atoms with Crippen LogP contribution in [0, 0.1) is 0 Å². The number of nitrogens with zero attached hydrogens (tertiary/aromatic N) is 1. The lowest BCUT2D eigenvalue weighted by Crippen LogP contribution is -2.35. The van der Waals surface area contributed by atoms with E-state index in [1.165, 1.54) is 0 Å². The van der Waals surface area contributed by atoms with Gasteiger partial charge in [-0.15, -0.1) is 0 Å². The van der Waals surface area contributed by atoms with Crippen LogP contribution in [0.3, 0.4) is 0 Å². The summed E-state index contributed by atoms with van der Waals surface area (Å²) in [5.41, 5.74) is 0.683. The number of imide groups is 1. The van der Waals surface area contributed by atoms with Gasteiger partial charge in [-0.05, 0) is 43.0 Å². The zero-order valence-electron chi connectivity index (χ0n) is 11.9. The molecular formula is C14H16N2O5S. The minimum Gasteiger partial charge on any atom is -0.494 e. The van der Waals surface area contributed by atoms with Gasteiger partial charge in [0.25, 0.3) is 11.1 Å². The molecule has 0 spiro atoms. The van der Waals surface area contributed by atoms with Crippen LogP contribution < -0.4 is 10.1 Å². The lowest BCUT2D eigenvalue weighted by Gasteiger charge is -2.14. The van der Waals surface area contributed by atoms with Crippen molar-refractivity contribution < 1.29 is 24.2 Å². The molecule has 118 valence electrons. The number of benzene rings is 1. The Hall–Kier alpha value is -2.22.